The molecule has 3 aromatic rings. The van der Waals surface area contributed by atoms with Crippen molar-refractivity contribution >= 4 is 80.2 Å². The van der Waals surface area contributed by atoms with Crippen molar-refractivity contribution < 1.29 is 14.3 Å². The monoisotopic (exact) mass is 618 g/mol. The van der Waals surface area contributed by atoms with Gasteiger partial charge in [-0.2, -0.15) is 5.26 Å². The Kier molecular flexibility index (Phi) is 7.78. The van der Waals surface area contributed by atoms with Gasteiger partial charge in [0.1, 0.15) is 6.61 Å². The van der Waals surface area contributed by atoms with Gasteiger partial charge in [-0.15, -0.1) is 0 Å². The highest BCUT2D eigenvalue weighted by atomic mass is 127. The molecule has 1 amide bonds. The molecule has 0 bridgehead atoms. The first kappa shape index (κ1) is 24.5. The van der Waals surface area contributed by atoms with Gasteiger partial charge >= 0.3 is 0 Å². The quantitative estimate of drug-likeness (QED) is 0.172. The summed E-state index contributed by atoms with van der Waals surface area (Å²) in [6, 6.07) is 20.2. The largest absolute Gasteiger partial charge is 0.493 e. The summed E-state index contributed by atoms with van der Waals surface area (Å²) in [6.07, 6.45) is 1.78. The van der Waals surface area contributed by atoms with Crippen molar-refractivity contribution in [3.8, 4) is 17.6 Å². The normalized spacial score (nSPS) is 14.4. The molecule has 1 fully saturated rings. The van der Waals surface area contributed by atoms with Crippen LogP contribution in [0.25, 0.3) is 6.08 Å². The van der Waals surface area contributed by atoms with Gasteiger partial charge < -0.3 is 9.47 Å². The number of hydrogen-bond donors (Lipinski definition) is 0. The molecule has 0 unspecified atom stereocenters. The van der Waals surface area contributed by atoms with Crippen LogP contribution in [-0.4, -0.2) is 17.3 Å². The van der Waals surface area contributed by atoms with Gasteiger partial charge in [0.25, 0.3) is 5.91 Å². The van der Waals surface area contributed by atoms with Gasteiger partial charge in [0.15, 0.2) is 15.8 Å². The van der Waals surface area contributed by atoms with Crippen molar-refractivity contribution in [1.29, 1.82) is 5.26 Å². The van der Waals surface area contributed by atoms with Crippen LogP contribution in [0.3, 0.4) is 0 Å². The van der Waals surface area contributed by atoms with E-state index in [2.05, 4.69) is 28.7 Å². The molecule has 1 aliphatic rings. The van der Waals surface area contributed by atoms with E-state index in [1.807, 2.05) is 24.3 Å². The smallest absolute Gasteiger partial charge is 0.270 e. The van der Waals surface area contributed by atoms with Crippen LogP contribution in [0.1, 0.15) is 16.7 Å². The number of amides is 1. The van der Waals surface area contributed by atoms with Crippen molar-refractivity contribution in [2.75, 3.05) is 12.0 Å². The zero-order valence-corrected chi connectivity index (χ0v) is 22.3. The summed E-state index contributed by atoms with van der Waals surface area (Å²) in [6.45, 7) is 0.230. The van der Waals surface area contributed by atoms with Gasteiger partial charge in [-0.1, -0.05) is 59.8 Å². The van der Waals surface area contributed by atoms with Crippen LogP contribution < -0.4 is 14.4 Å². The predicted molar refractivity (Wildman–Crippen MR) is 148 cm³/mol. The second-order valence-electron chi connectivity index (χ2n) is 7.09. The fourth-order valence-corrected chi connectivity index (χ4v) is 5.59. The van der Waals surface area contributed by atoms with E-state index in [9.17, 15) is 10.1 Å². The van der Waals surface area contributed by atoms with E-state index < -0.39 is 0 Å². The maximum absolute atomic E-state index is 13.1. The summed E-state index contributed by atoms with van der Waals surface area (Å²) in [4.78, 5) is 15.1. The third-order valence-electron chi connectivity index (χ3n) is 4.92. The van der Waals surface area contributed by atoms with Gasteiger partial charge in [0.05, 0.1) is 32.9 Å². The fourth-order valence-electron chi connectivity index (χ4n) is 3.33. The minimum atomic E-state index is -0.209. The molecule has 0 saturated carbocycles. The molecule has 1 aliphatic heterocycles. The lowest BCUT2D eigenvalue weighted by molar-refractivity contribution is -0.113. The number of hydrogen-bond acceptors (Lipinski definition) is 6. The Morgan fingerprint density at radius 3 is 2.74 bits per heavy atom. The summed E-state index contributed by atoms with van der Waals surface area (Å²) in [5.74, 6) is 0.886. The first-order chi connectivity index (χ1) is 16.4. The number of thiocarbonyl (C=S) groups is 1. The number of carbonyl (C=O) groups excluding carboxylic acids is 1. The summed E-state index contributed by atoms with van der Waals surface area (Å²) < 4.78 is 12.8. The molecule has 5 nitrogen and oxygen atoms in total. The van der Waals surface area contributed by atoms with Crippen molar-refractivity contribution in [1.82, 2.24) is 0 Å². The van der Waals surface area contributed by atoms with Crippen LogP contribution in [-0.2, 0) is 11.4 Å². The molecule has 0 N–H and O–H groups in total. The summed E-state index contributed by atoms with van der Waals surface area (Å²) in [5.41, 5.74) is 2.76. The number of nitriles is 1. The number of rotatable bonds is 6. The lowest BCUT2D eigenvalue weighted by Gasteiger charge is -2.15. The molecule has 0 aliphatic carbocycles. The number of thioether (sulfide) groups is 1. The minimum absolute atomic E-state index is 0.209. The molecule has 1 saturated heterocycles. The fraction of sp³-hybridized carbons (Fsp3) is 0.0800. The zero-order valence-electron chi connectivity index (χ0n) is 17.7. The number of carbonyl (C=O) groups is 1. The number of ether oxygens (including phenoxy) is 2. The predicted octanol–water partition coefficient (Wildman–Crippen LogP) is 6.81. The van der Waals surface area contributed by atoms with E-state index in [0.29, 0.717) is 37.0 Å². The third kappa shape index (κ3) is 5.23. The molecule has 34 heavy (non-hydrogen) atoms. The first-order valence-electron chi connectivity index (χ1n) is 9.93. The Bertz CT molecular complexity index is 1370. The van der Waals surface area contributed by atoms with Gasteiger partial charge in [0, 0.05) is 10.6 Å². The van der Waals surface area contributed by atoms with E-state index in [-0.39, 0.29) is 12.5 Å². The van der Waals surface area contributed by atoms with Gasteiger partial charge in [0.2, 0.25) is 0 Å². The maximum Gasteiger partial charge on any atom is 0.270 e. The molecule has 1 heterocycles. The second-order valence-corrected chi connectivity index (χ2v) is 10.4. The van der Waals surface area contributed by atoms with Crippen LogP contribution >= 0.6 is 58.2 Å². The SMILES string of the molecule is COc1cc(/C=C2/SC(=S)N(c3cccc(Cl)c3)C2=O)cc(I)c1OCc1ccccc1C#N. The van der Waals surface area contributed by atoms with Crippen molar-refractivity contribution in [2.24, 2.45) is 0 Å². The average molecular weight is 619 g/mol. The maximum atomic E-state index is 13.1. The summed E-state index contributed by atoms with van der Waals surface area (Å²) in [5, 5.41) is 9.83. The molecule has 0 aromatic heterocycles. The Balaban J connectivity index is 1.60. The molecule has 0 spiro atoms. The highest BCUT2D eigenvalue weighted by Gasteiger charge is 2.33. The summed E-state index contributed by atoms with van der Waals surface area (Å²) >= 11 is 14.9. The van der Waals surface area contributed by atoms with Gasteiger partial charge in [-0.05, 0) is 70.6 Å². The van der Waals surface area contributed by atoms with Crippen molar-refractivity contribution in [2.45, 2.75) is 6.61 Å². The number of benzene rings is 3. The van der Waals surface area contributed by atoms with E-state index in [4.69, 9.17) is 33.3 Å². The lowest BCUT2D eigenvalue weighted by Crippen LogP contribution is -2.27. The molecule has 9 heteroatoms. The van der Waals surface area contributed by atoms with Crippen molar-refractivity contribution in [3.63, 3.8) is 0 Å². The molecule has 4 rings (SSSR count). The molecule has 0 radical (unpaired) electrons. The van der Waals surface area contributed by atoms with Crippen LogP contribution in [0.4, 0.5) is 5.69 Å². The third-order valence-corrected chi connectivity index (χ3v) is 7.26. The molecule has 170 valence electrons. The Morgan fingerprint density at radius 1 is 1.21 bits per heavy atom. The van der Waals surface area contributed by atoms with Crippen LogP contribution in [0, 0.1) is 14.9 Å². The molecular weight excluding hydrogens is 603 g/mol. The second kappa shape index (κ2) is 10.8. The van der Waals surface area contributed by atoms with E-state index >= 15 is 0 Å². The average Bonchev–Trinajstić information content (AvgIpc) is 3.10. The minimum Gasteiger partial charge on any atom is -0.493 e. The number of nitrogens with zero attached hydrogens (tertiary/aromatic N) is 2. The Morgan fingerprint density at radius 2 is 2.00 bits per heavy atom. The number of anilines is 1. The van der Waals surface area contributed by atoms with Crippen LogP contribution in [0.2, 0.25) is 5.02 Å². The number of halogens is 2. The highest BCUT2D eigenvalue weighted by molar-refractivity contribution is 14.1. The van der Waals surface area contributed by atoms with E-state index in [1.165, 1.54) is 16.7 Å². The van der Waals surface area contributed by atoms with Gasteiger partial charge in [-0.3, -0.25) is 9.69 Å². The number of methoxy groups -OCH3 is 1. The van der Waals surface area contributed by atoms with E-state index in [1.54, 1.807) is 49.6 Å². The highest BCUT2D eigenvalue weighted by Crippen LogP contribution is 2.39. The Labute approximate surface area is 225 Å². The summed E-state index contributed by atoms with van der Waals surface area (Å²) in [7, 11) is 1.56. The molecule has 0 atom stereocenters. The molecule has 3 aromatic carbocycles. The Hall–Kier alpha value is -2.58. The van der Waals surface area contributed by atoms with E-state index in [0.717, 1.165) is 14.7 Å². The molecular formula is C25H16ClIN2O3S2. The van der Waals surface area contributed by atoms with Crippen LogP contribution in [0.5, 0.6) is 11.5 Å². The van der Waals surface area contributed by atoms with Crippen molar-refractivity contribution in [3.05, 3.63) is 90.9 Å². The topological polar surface area (TPSA) is 62.6 Å². The van der Waals surface area contributed by atoms with Gasteiger partial charge in [-0.25, -0.2) is 0 Å². The lowest BCUT2D eigenvalue weighted by atomic mass is 10.1. The first-order valence-corrected chi connectivity index (χ1v) is 12.6. The zero-order chi connectivity index (χ0) is 24.2. The standard InChI is InChI=1S/C25H16ClIN2O3S2/c1-31-21-10-15(9-20(27)23(21)32-14-17-6-3-2-5-16(17)13-28)11-22-24(30)29(25(33)34-22)19-8-4-7-18(26)12-19/h2-12H,14H2,1H3/b22-11+. The van der Waals surface area contributed by atoms with Crippen LogP contribution in [0.15, 0.2) is 65.6 Å².